The lowest BCUT2D eigenvalue weighted by molar-refractivity contribution is -0.216. The highest BCUT2D eigenvalue weighted by Gasteiger charge is 2.51. The third kappa shape index (κ3) is 2.40. The fourth-order valence-electron chi connectivity index (χ4n) is 1.39. The van der Waals surface area contributed by atoms with Crippen molar-refractivity contribution in [3.8, 4) is 0 Å². The maximum Gasteiger partial charge on any atom is 0.494 e. The minimum absolute atomic E-state index is 0.233. The van der Waals surface area contributed by atoms with Crippen LogP contribution in [-0.2, 0) is 4.79 Å². The highest BCUT2D eigenvalue weighted by molar-refractivity contribution is 8.18. The minimum atomic E-state index is -4.98. The molecule has 2 amide bonds. The zero-order valence-electron chi connectivity index (χ0n) is 8.77. The van der Waals surface area contributed by atoms with Gasteiger partial charge in [-0.3, -0.25) is 9.59 Å². The number of nitrogens with zero attached hydrogens (tertiary/aromatic N) is 1. The number of halogens is 3. The van der Waals surface area contributed by atoms with Crippen LogP contribution in [0.3, 0.4) is 0 Å². The quantitative estimate of drug-likeness (QED) is 0.582. The summed E-state index contributed by atoms with van der Waals surface area (Å²) in [6.45, 7) is 0. The van der Waals surface area contributed by atoms with Crippen molar-refractivity contribution in [1.82, 2.24) is 4.90 Å². The molecule has 18 heavy (non-hydrogen) atoms. The molecule has 1 aliphatic rings. The molecule has 1 saturated heterocycles. The van der Waals surface area contributed by atoms with Crippen molar-refractivity contribution in [3.05, 3.63) is 40.8 Å². The van der Waals surface area contributed by atoms with Gasteiger partial charge in [-0.05, 0) is 23.4 Å². The number of alkyl halides is 3. The number of hydrogen-bond acceptors (Lipinski definition) is 3. The van der Waals surface area contributed by atoms with Crippen LogP contribution in [0, 0.1) is 0 Å². The van der Waals surface area contributed by atoms with Crippen LogP contribution in [-0.4, -0.2) is 22.3 Å². The van der Waals surface area contributed by atoms with Crippen LogP contribution in [0.2, 0.25) is 0 Å². The van der Waals surface area contributed by atoms with Crippen LogP contribution in [0.4, 0.5) is 18.0 Å². The number of benzene rings is 1. The third-order valence-corrected chi connectivity index (χ3v) is 3.01. The van der Waals surface area contributed by atoms with Crippen molar-refractivity contribution in [2.45, 2.75) is 6.30 Å². The van der Waals surface area contributed by atoms with Crippen molar-refractivity contribution >= 4 is 29.0 Å². The normalized spacial score (nSPS) is 18.8. The molecule has 1 heterocycles. The molecule has 7 heteroatoms. The second-order valence-corrected chi connectivity index (χ2v) is 4.39. The molecule has 0 radical (unpaired) electrons. The van der Waals surface area contributed by atoms with E-state index in [1.807, 2.05) is 0 Å². The number of thioether (sulfide) groups is 1. The smallest absolute Gasteiger partial charge is 0.268 e. The number of imide groups is 1. The summed E-state index contributed by atoms with van der Waals surface area (Å²) in [7, 11) is 0. The highest BCUT2D eigenvalue weighted by Crippen LogP contribution is 2.38. The van der Waals surface area contributed by atoms with Gasteiger partial charge >= 0.3 is 11.5 Å². The van der Waals surface area contributed by atoms with Crippen molar-refractivity contribution in [2.24, 2.45) is 0 Å². The Balaban J connectivity index is 2.32. The van der Waals surface area contributed by atoms with Gasteiger partial charge in [-0.1, -0.05) is 30.3 Å². The topological polar surface area (TPSA) is 37.4 Å². The Morgan fingerprint density at radius 3 is 2.22 bits per heavy atom. The first-order valence-electron chi connectivity index (χ1n) is 4.79. The van der Waals surface area contributed by atoms with Gasteiger partial charge in [-0.25, -0.2) is 0 Å². The second-order valence-electron chi connectivity index (χ2n) is 3.40. The largest absolute Gasteiger partial charge is 0.494 e. The van der Waals surface area contributed by atoms with Crippen LogP contribution < -0.4 is 0 Å². The monoisotopic (exact) mass is 273 g/mol. The molecule has 0 aliphatic carbocycles. The summed E-state index contributed by atoms with van der Waals surface area (Å²) in [6.07, 6.45) is -3.72. The Morgan fingerprint density at radius 2 is 1.72 bits per heavy atom. The first-order valence-corrected chi connectivity index (χ1v) is 5.61. The summed E-state index contributed by atoms with van der Waals surface area (Å²) in [5.74, 6) is -1.33. The molecule has 0 bridgehead atoms. The lowest BCUT2D eigenvalue weighted by Gasteiger charge is -2.15. The third-order valence-electron chi connectivity index (χ3n) is 2.14. The van der Waals surface area contributed by atoms with Gasteiger partial charge in [-0.15, -0.1) is 13.2 Å². The summed E-state index contributed by atoms with van der Waals surface area (Å²) in [6, 6.07) is 8.35. The Morgan fingerprint density at radius 1 is 1.11 bits per heavy atom. The van der Waals surface area contributed by atoms with E-state index in [0.717, 1.165) is 0 Å². The van der Waals surface area contributed by atoms with E-state index >= 15 is 0 Å². The lowest BCUT2D eigenvalue weighted by Crippen LogP contribution is -2.41. The average molecular weight is 273 g/mol. The lowest BCUT2D eigenvalue weighted by atomic mass is 10.2. The number of hydrogen-bond donors (Lipinski definition) is 0. The van der Waals surface area contributed by atoms with Gasteiger partial charge < -0.3 is 0 Å². The van der Waals surface area contributed by atoms with Crippen molar-refractivity contribution in [1.29, 1.82) is 0 Å². The Kier molecular flexibility index (Phi) is 3.16. The number of carbonyl (C=O) groups is 2. The fourth-order valence-corrected chi connectivity index (χ4v) is 2.23. The molecule has 3 nitrogen and oxygen atoms in total. The molecule has 0 unspecified atom stereocenters. The summed E-state index contributed by atoms with van der Waals surface area (Å²) in [5, 5.41) is -1.32. The first-order chi connectivity index (χ1) is 8.39. The summed E-state index contributed by atoms with van der Waals surface area (Å²) >= 11 is 0.282. The van der Waals surface area contributed by atoms with E-state index < -0.39 is 22.3 Å². The van der Waals surface area contributed by atoms with E-state index in [9.17, 15) is 22.8 Å². The Hall–Kier alpha value is -1.76. The summed E-state index contributed by atoms with van der Waals surface area (Å²) in [4.78, 5) is 21.7. The van der Waals surface area contributed by atoms with Gasteiger partial charge in [0.15, 0.2) is 0 Å². The van der Waals surface area contributed by atoms with Crippen LogP contribution in [0.5, 0.6) is 0 Å². The molecule has 94 valence electrons. The molecule has 1 fully saturated rings. The predicted octanol–water partition coefficient (Wildman–Crippen LogP) is 3.24. The van der Waals surface area contributed by atoms with Gasteiger partial charge in [-0.2, -0.15) is 4.90 Å². The van der Waals surface area contributed by atoms with Crippen molar-refractivity contribution in [2.75, 3.05) is 0 Å². The maximum absolute atomic E-state index is 12.4. The zero-order valence-corrected chi connectivity index (χ0v) is 9.59. The Labute approximate surface area is 104 Å². The molecule has 2 rings (SSSR count). The molecular weight excluding hydrogens is 267 g/mol. The Bertz CT molecular complexity index is 525. The van der Waals surface area contributed by atoms with Crippen LogP contribution in [0.25, 0.3) is 6.08 Å². The molecule has 0 aromatic heterocycles. The number of amides is 2. The van der Waals surface area contributed by atoms with E-state index in [1.165, 1.54) is 6.08 Å². The second kappa shape index (κ2) is 4.49. The molecular formula is C11H6F3NO2S. The van der Waals surface area contributed by atoms with Crippen LogP contribution in [0.15, 0.2) is 35.2 Å². The summed E-state index contributed by atoms with van der Waals surface area (Å²) < 4.78 is 37.3. The van der Waals surface area contributed by atoms with Crippen molar-refractivity contribution in [3.63, 3.8) is 0 Å². The van der Waals surface area contributed by atoms with E-state index in [0.29, 0.717) is 5.56 Å². The molecule has 0 N–H and O–H groups in total. The first kappa shape index (κ1) is 12.7. The predicted molar refractivity (Wildman–Crippen MR) is 60.3 cm³/mol. The van der Waals surface area contributed by atoms with Gasteiger partial charge in [0.1, 0.15) is 0 Å². The fraction of sp³-hybridized carbons (Fsp3) is 0.0909. The molecule has 0 spiro atoms. The van der Waals surface area contributed by atoms with E-state index in [2.05, 4.69) is 0 Å². The van der Waals surface area contributed by atoms with Gasteiger partial charge in [0, 0.05) is 0 Å². The molecule has 1 aromatic rings. The van der Waals surface area contributed by atoms with E-state index in [4.69, 9.17) is 0 Å². The standard InChI is InChI=1S/C11H6F3NO2S/c12-11(13,14)15-9(16)8(18-10(15)17)6-7-4-2-1-3-5-7/h1-6H/b8-6-. The van der Waals surface area contributed by atoms with Crippen LogP contribution in [0.1, 0.15) is 5.56 Å². The van der Waals surface area contributed by atoms with E-state index in [-0.39, 0.29) is 16.7 Å². The zero-order chi connectivity index (χ0) is 13.3. The molecule has 1 aliphatic heterocycles. The highest BCUT2D eigenvalue weighted by atomic mass is 32.2. The molecule has 1 aromatic carbocycles. The minimum Gasteiger partial charge on any atom is -0.268 e. The number of carbonyl (C=O) groups excluding carboxylic acids is 2. The average Bonchev–Trinajstić information content (AvgIpc) is 2.54. The molecule has 0 atom stereocenters. The SMILES string of the molecule is O=C1S/C(=C\c2ccccc2)C(=O)N1C(F)(F)F. The number of rotatable bonds is 1. The van der Waals surface area contributed by atoms with Gasteiger partial charge in [0.05, 0.1) is 4.91 Å². The maximum atomic E-state index is 12.4. The van der Waals surface area contributed by atoms with E-state index in [1.54, 1.807) is 30.3 Å². The van der Waals surface area contributed by atoms with Crippen LogP contribution >= 0.6 is 11.8 Å². The molecule has 0 saturated carbocycles. The van der Waals surface area contributed by atoms with Gasteiger partial charge in [0.25, 0.3) is 5.91 Å². The van der Waals surface area contributed by atoms with Crippen molar-refractivity contribution < 1.29 is 22.8 Å². The summed E-state index contributed by atoms with van der Waals surface area (Å²) in [5.41, 5.74) is 0.560. The van der Waals surface area contributed by atoms with Gasteiger partial charge in [0.2, 0.25) is 0 Å².